The molecule has 1 heterocycles. The predicted octanol–water partition coefficient (Wildman–Crippen LogP) is 5.00. The number of rotatable bonds is 8. The molecule has 0 radical (unpaired) electrons. The summed E-state index contributed by atoms with van der Waals surface area (Å²) in [7, 11) is 0. The molecule has 1 saturated heterocycles. The highest BCUT2D eigenvalue weighted by atomic mass is 35.5. The molecule has 0 aromatic heterocycles. The molecule has 2 aromatic carbocycles. The summed E-state index contributed by atoms with van der Waals surface area (Å²) in [6.07, 6.45) is 9.20. The molecule has 2 aliphatic rings. The third-order valence-electron chi connectivity index (χ3n) is 7.21. The van der Waals surface area contributed by atoms with E-state index in [1.54, 1.807) is 24.3 Å². The zero-order valence-corrected chi connectivity index (χ0v) is 19.4. The highest BCUT2D eigenvalue weighted by Crippen LogP contribution is 2.44. The fourth-order valence-corrected chi connectivity index (χ4v) is 5.40. The molecule has 33 heavy (non-hydrogen) atoms. The first-order chi connectivity index (χ1) is 15.9. The maximum Gasteiger partial charge on any atom is 0.335 e. The lowest BCUT2D eigenvalue weighted by molar-refractivity contribution is -0.128. The number of hydrogen-bond acceptors (Lipinski definition) is 3. The second kappa shape index (κ2) is 10.1. The molecule has 1 amide bonds. The number of halogens is 1. The molecule has 6 heteroatoms. The van der Waals surface area contributed by atoms with Crippen molar-refractivity contribution in [1.82, 2.24) is 4.90 Å². The van der Waals surface area contributed by atoms with Crippen LogP contribution < -0.4 is 0 Å². The van der Waals surface area contributed by atoms with Crippen LogP contribution in [0.5, 0.6) is 0 Å². The zero-order valence-electron chi connectivity index (χ0n) is 18.6. The van der Waals surface area contributed by atoms with Gasteiger partial charge in [-0.15, -0.1) is 0 Å². The van der Waals surface area contributed by atoms with E-state index in [2.05, 4.69) is 0 Å². The van der Waals surface area contributed by atoms with Crippen LogP contribution in [0.15, 0.2) is 60.7 Å². The summed E-state index contributed by atoms with van der Waals surface area (Å²) in [5.74, 6) is -0.826. The van der Waals surface area contributed by atoms with Crippen molar-refractivity contribution in [3.63, 3.8) is 0 Å². The molecular weight excluding hydrogens is 438 g/mol. The second-order valence-electron chi connectivity index (χ2n) is 9.15. The smallest absolute Gasteiger partial charge is 0.335 e. The first-order valence-electron chi connectivity index (χ1n) is 11.6. The molecule has 5 nitrogen and oxygen atoms in total. The number of carboxylic acid groups (broad SMARTS) is 1. The maximum atomic E-state index is 12.5. The Hall–Kier alpha value is -2.63. The van der Waals surface area contributed by atoms with Gasteiger partial charge in [0.1, 0.15) is 0 Å². The molecule has 0 unspecified atom stereocenters. The Morgan fingerprint density at radius 3 is 2.42 bits per heavy atom. The fourth-order valence-electron chi connectivity index (χ4n) is 5.27. The van der Waals surface area contributed by atoms with Crippen molar-refractivity contribution in [2.75, 3.05) is 6.54 Å². The Kier molecular flexibility index (Phi) is 7.20. The summed E-state index contributed by atoms with van der Waals surface area (Å²) in [6, 6.07) is 14.6. The molecule has 2 aromatic rings. The molecule has 1 saturated carbocycles. The maximum absolute atomic E-state index is 12.5. The minimum absolute atomic E-state index is 0.0332. The minimum atomic E-state index is -0.946. The number of aromatic carboxylic acids is 1. The third-order valence-corrected chi connectivity index (χ3v) is 7.47. The number of aliphatic hydroxyl groups is 1. The number of hydrogen-bond donors (Lipinski definition) is 2. The average molecular weight is 468 g/mol. The zero-order chi connectivity index (χ0) is 23.4. The van der Waals surface area contributed by atoms with Crippen molar-refractivity contribution >= 4 is 23.5 Å². The van der Waals surface area contributed by atoms with Crippen molar-refractivity contribution in [2.24, 2.45) is 0 Å². The Balaban J connectivity index is 1.43. The van der Waals surface area contributed by atoms with Gasteiger partial charge in [-0.05, 0) is 61.1 Å². The van der Waals surface area contributed by atoms with E-state index in [4.69, 9.17) is 16.7 Å². The van der Waals surface area contributed by atoms with E-state index < -0.39 is 12.1 Å². The summed E-state index contributed by atoms with van der Waals surface area (Å²) in [6.45, 7) is 0.568. The monoisotopic (exact) mass is 467 g/mol. The SMILES string of the molecule is O=C(O)c1ccc(CCN2C(=O)CC[C@@H]2C=C[C@@H](O)C2(c3ccc(Cl)cc3)CCCC2)cc1. The van der Waals surface area contributed by atoms with Crippen LogP contribution in [0.4, 0.5) is 0 Å². The van der Waals surface area contributed by atoms with Gasteiger partial charge in [0.05, 0.1) is 17.7 Å². The van der Waals surface area contributed by atoms with Crippen molar-refractivity contribution in [2.45, 2.75) is 62.5 Å². The van der Waals surface area contributed by atoms with E-state index in [0.717, 1.165) is 43.2 Å². The molecule has 0 bridgehead atoms. The molecular formula is C27H30ClNO4. The molecule has 1 aliphatic heterocycles. The summed E-state index contributed by atoms with van der Waals surface area (Å²) >= 11 is 6.08. The number of aliphatic hydroxyl groups excluding tert-OH is 1. The normalized spacial score (nSPS) is 21.1. The fraction of sp³-hybridized carbons (Fsp3) is 0.407. The number of nitrogens with zero attached hydrogens (tertiary/aromatic N) is 1. The van der Waals surface area contributed by atoms with Crippen LogP contribution in [0.3, 0.4) is 0 Å². The second-order valence-corrected chi connectivity index (χ2v) is 9.58. The topological polar surface area (TPSA) is 77.8 Å². The molecule has 1 aliphatic carbocycles. The first kappa shape index (κ1) is 23.5. The van der Waals surface area contributed by atoms with E-state index in [1.165, 1.54) is 0 Å². The van der Waals surface area contributed by atoms with Crippen LogP contribution in [0, 0.1) is 0 Å². The lowest BCUT2D eigenvalue weighted by atomic mass is 9.74. The van der Waals surface area contributed by atoms with Gasteiger partial charge in [-0.25, -0.2) is 4.79 Å². The van der Waals surface area contributed by atoms with Gasteiger partial charge in [-0.3, -0.25) is 4.79 Å². The quantitative estimate of drug-likeness (QED) is 0.535. The predicted molar refractivity (Wildman–Crippen MR) is 129 cm³/mol. The highest BCUT2D eigenvalue weighted by molar-refractivity contribution is 6.30. The van der Waals surface area contributed by atoms with Crippen LogP contribution in [0.1, 0.15) is 60.0 Å². The van der Waals surface area contributed by atoms with Gasteiger partial charge in [-0.2, -0.15) is 0 Å². The van der Waals surface area contributed by atoms with Gasteiger partial charge in [0.25, 0.3) is 0 Å². The summed E-state index contributed by atoms with van der Waals surface area (Å²) in [4.78, 5) is 25.4. The molecule has 0 spiro atoms. The molecule has 2 fully saturated rings. The molecule has 4 rings (SSSR count). The van der Waals surface area contributed by atoms with Gasteiger partial charge in [0.15, 0.2) is 0 Å². The van der Waals surface area contributed by atoms with E-state index in [-0.39, 0.29) is 22.9 Å². The summed E-state index contributed by atoms with van der Waals surface area (Å²) in [5.41, 5.74) is 2.06. The van der Waals surface area contributed by atoms with E-state index in [0.29, 0.717) is 24.4 Å². The lowest BCUT2D eigenvalue weighted by Crippen LogP contribution is -2.37. The minimum Gasteiger partial charge on any atom is -0.478 e. The Morgan fingerprint density at radius 1 is 1.12 bits per heavy atom. The van der Waals surface area contributed by atoms with Gasteiger partial charge in [-0.1, -0.05) is 60.9 Å². The van der Waals surface area contributed by atoms with Gasteiger partial charge < -0.3 is 15.1 Å². The number of carboxylic acids is 1. The van der Waals surface area contributed by atoms with E-state index in [9.17, 15) is 14.7 Å². The number of carbonyl (C=O) groups is 2. The number of amides is 1. The average Bonchev–Trinajstić information content (AvgIpc) is 3.44. The number of carbonyl (C=O) groups excluding carboxylic acids is 1. The number of likely N-dealkylation sites (tertiary alicyclic amines) is 1. The lowest BCUT2D eigenvalue weighted by Gasteiger charge is -2.34. The first-order valence-corrected chi connectivity index (χ1v) is 12.0. The van der Waals surface area contributed by atoms with Crippen molar-refractivity contribution in [3.8, 4) is 0 Å². The van der Waals surface area contributed by atoms with Gasteiger partial charge >= 0.3 is 5.97 Å². The summed E-state index contributed by atoms with van der Waals surface area (Å²) in [5, 5.41) is 21.0. The van der Waals surface area contributed by atoms with Crippen LogP contribution in [-0.4, -0.2) is 45.7 Å². The molecule has 2 N–H and O–H groups in total. The highest BCUT2D eigenvalue weighted by Gasteiger charge is 2.41. The van der Waals surface area contributed by atoms with Crippen LogP contribution in [0.2, 0.25) is 5.02 Å². The van der Waals surface area contributed by atoms with E-state index in [1.807, 2.05) is 41.3 Å². The number of benzene rings is 2. The third kappa shape index (κ3) is 5.15. The van der Waals surface area contributed by atoms with Crippen molar-refractivity contribution in [3.05, 3.63) is 82.4 Å². The van der Waals surface area contributed by atoms with Gasteiger partial charge in [0.2, 0.25) is 5.91 Å². The van der Waals surface area contributed by atoms with Crippen LogP contribution >= 0.6 is 11.6 Å². The standard InChI is InChI=1S/C27H30ClNO4/c28-22-9-7-21(8-10-22)27(16-1-2-17-27)24(30)13-11-23-12-14-25(31)29(23)18-15-19-3-5-20(6-4-19)26(32)33/h3-11,13,23-24,30H,1-2,12,14-18H2,(H,32,33)/t23-,24+/m0/s1. The summed E-state index contributed by atoms with van der Waals surface area (Å²) < 4.78 is 0. The van der Waals surface area contributed by atoms with Crippen molar-refractivity contribution < 1.29 is 19.8 Å². The molecule has 174 valence electrons. The van der Waals surface area contributed by atoms with Crippen molar-refractivity contribution in [1.29, 1.82) is 0 Å². The van der Waals surface area contributed by atoms with Gasteiger partial charge in [0, 0.05) is 23.4 Å². The van der Waals surface area contributed by atoms with E-state index >= 15 is 0 Å². The Bertz CT molecular complexity index is 1010. The Morgan fingerprint density at radius 2 is 1.79 bits per heavy atom. The Labute approximate surface area is 199 Å². The van der Waals surface area contributed by atoms with Crippen LogP contribution in [0.25, 0.3) is 0 Å². The largest absolute Gasteiger partial charge is 0.478 e. The van der Waals surface area contributed by atoms with Crippen LogP contribution in [-0.2, 0) is 16.6 Å². The molecule has 2 atom stereocenters.